The van der Waals surface area contributed by atoms with Crippen molar-refractivity contribution in [1.82, 2.24) is 10.6 Å². The first-order valence-electron chi connectivity index (χ1n) is 6.11. The van der Waals surface area contributed by atoms with Crippen molar-refractivity contribution in [3.63, 3.8) is 0 Å². The summed E-state index contributed by atoms with van der Waals surface area (Å²) >= 11 is 0. The maximum atomic E-state index is 11.6. The van der Waals surface area contributed by atoms with E-state index in [4.69, 9.17) is 0 Å². The van der Waals surface area contributed by atoms with Crippen molar-refractivity contribution in [2.24, 2.45) is 11.8 Å². The molecule has 1 amide bonds. The summed E-state index contributed by atoms with van der Waals surface area (Å²) in [5.74, 6) is 1.39. The summed E-state index contributed by atoms with van der Waals surface area (Å²) in [7, 11) is 0. The topological polar surface area (TPSA) is 41.1 Å². The molecule has 1 aliphatic rings. The maximum Gasteiger partial charge on any atom is 0.220 e. The van der Waals surface area contributed by atoms with Crippen LogP contribution in [0.25, 0.3) is 0 Å². The molecule has 0 aliphatic carbocycles. The Kier molecular flexibility index (Phi) is 5.09. The minimum absolute atomic E-state index is 0.213. The molecule has 1 aliphatic heterocycles. The van der Waals surface area contributed by atoms with Gasteiger partial charge in [-0.05, 0) is 24.8 Å². The van der Waals surface area contributed by atoms with Gasteiger partial charge in [0.1, 0.15) is 0 Å². The lowest BCUT2D eigenvalue weighted by Crippen LogP contribution is -2.48. The number of hydrogen-bond donors (Lipinski definition) is 2. The molecule has 3 atom stereocenters. The molecule has 1 fully saturated rings. The third-order valence-corrected chi connectivity index (χ3v) is 3.17. The van der Waals surface area contributed by atoms with Crippen LogP contribution in [0.4, 0.5) is 0 Å². The van der Waals surface area contributed by atoms with E-state index in [1.807, 2.05) is 0 Å². The highest BCUT2D eigenvalue weighted by Crippen LogP contribution is 2.11. The Bertz CT molecular complexity index is 206. The maximum absolute atomic E-state index is 11.6. The molecule has 1 heterocycles. The number of hydrogen-bond acceptors (Lipinski definition) is 2. The summed E-state index contributed by atoms with van der Waals surface area (Å²) in [5, 5.41) is 6.46. The van der Waals surface area contributed by atoms with E-state index in [2.05, 4.69) is 31.4 Å². The first kappa shape index (κ1) is 12.5. The van der Waals surface area contributed by atoms with Gasteiger partial charge in [0.15, 0.2) is 0 Å². The average molecular weight is 212 g/mol. The zero-order valence-electron chi connectivity index (χ0n) is 10.2. The van der Waals surface area contributed by atoms with Gasteiger partial charge in [0.25, 0.3) is 0 Å². The predicted octanol–water partition coefficient (Wildman–Crippen LogP) is 1.54. The highest BCUT2D eigenvalue weighted by molar-refractivity contribution is 5.76. The standard InChI is InChI=1S/C12H24N2O/c1-4-9(2)6-12(15)14-11-5-10(3)7-13-8-11/h9-11,13H,4-8H2,1-3H3,(H,14,15). The zero-order chi connectivity index (χ0) is 11.3. The van der Waals surface area contributed by atoms with E-state index in [0.29, 0.717) is 24.3 Å². The number of carbonyl (C=O) groups excluding carboxylic acids is 1. The molecule has 0 radical (unpaired) electrons. The molecule has 0 spiro atoms. The van der Waals surface area contributed by atoms with Crippen LogP contribution in [0.15, 0.2) is 0 Å². The summed E-state index contributed by atoms with van der Waals surface area (Å²) in [6.07, 6.45) is 2.85. The van der Waals surface area contributed by atoms with Gasteiger partial charge in [-0.25, -0.2) is 0 Å². The average Bonchev–Trinajstić information content (AvgIpc) is 2.17. The fourth-order valence-electron chi connectivity index (χ4n) is 2.01. The van der Waals surface area contributed by atoms with Crippen molar-refractivity contribution in [3.05, 3.63) is 0 Å². The first-order chi connectivity index (χ1) is 7.11. The summed E-state index contributed by atoms with van der Waals surface area (Å²) in [4.78, 5) is 11.6. The van der Waals surface area contributed by atoms with Crippen LogP contribution >= 0.6 is 0 Å². The van der Waals surface area contributed by atoms with E-state index in [0.717, 1.165) is 25.9 Å². The third kappa shape index (κ3) is 4.65. The van der Waals surface area contributed by atoms with Gasteiger partial charge in [0.05, 0.1) is 0 Å². The van der Waals surface area contributed by atoms with Gasteiger partial charge in [-0.2, -0.15) is 0 Å². The second-order valence-corrected chi connectivity index (χ2v) is 4.98. The molecular weight excluding hydrogens is 188 g/mol. The molecule has 3 heteroatoms. The fraction of sp³-hybridized carbons (Fsp3) is 0.917. The Labute approximate surface area is 93.0 Å². The molecule has 2 N–H and O–H groups in total. The van der Waals surface area contributed by atoms with Crippen molar-refractivity contribution >= 4 is 5.91 Å². The Hall–Kier alpha value is -0.570. The molecule has 0 aromatic rings. The molecule has 0 aromatic heterocycles. The quantitative estimate of drug-likeness (QED) is 0.742. The normalized spacial score (nSPS) is 28.5. The van der Waals surface area contributed by atoms with Crippen LogP contribution in [0.2, 0.25) is 0 Å². The number of piperidine rings is 1. The van der Waals surface area contributed by atoms with E-state index < -0.39 is 0 Å². The van der Waals surface area contributed by atoms with Crippen LogP contribution in [0.1, 0.15) is 40.0 Å². The number of amides is 1. The van der Waals surface area contributed by atoms with E-state index in [1.54, 1.807) is 0 Å². The molecular formula is C12H24N2O. The zero-order valence-corrected chi connectivity index (χ0v) is 10.2. The minimum atomic E-state index is 0.213. The smallest absolute Gasteiger partial charge is 0.220 e. The van der Waals surface area contributed by atoms with E-state index in [9.17, 15) is 4.79 Å². The van der Waals surface area contributed by atoms with E-state index >= 15 is 0 Å². The molecule has 1 rings (SSSR count). The van der Waals surface area contributed by atoms with Crippen LogP contribution in [-0.4, -0.2) is 25.0 Å². The van der Waals surface area contributed by atoms with Gasteiger partial charge in [0.2, 0.25) is 5.91 Å². The lowest BCUT2D eigenvalue weighted by Gasteiger charge is -2.28. The predicted molar refractivity (Wildman–Crippen MR) is 62.7 cm³/mol. The van der Waals surface area contributed by atoms with Gasteiger partial charge in [0, 0.05) is 19.0 Å². The molecule has 3 unspecified atom stereocenters. The largest absolute Gasteiger partial charge is 0.352 e. The summed E-state index contributed by atoms with van der Waals surface area (Å²) < 4.78 is 0. The highest BCUT2D eigenvalue weighted by atomic mass is 16.1. The number of rotatable bonds is 4. The summed E-state index contributed by atoms with van der Waals surface area (Å²) in [6.45, 7) is 8.48. The molecule has 0 aromatic carbocycles. The van der Waals surface area contributed by atoms with Gasteiger partial charge in [-0.3, -0.25) is 4.79 Å². The lowest BCUT2D eigenvalue weighted by molar-refractivity contribution is -0.122. The van der Waals surface area contributed by atoms with Gasteiger partial charge in [-0.15, -0.1) is 0 Å². The SMILES string of the molecule is CCC(C)CC(=O)NC1CNCC(C)C1. The molecule has 3 nitrogen and oxygen atoms in total. The lowest BCUT2D eigenvalue weighted by atomic mass is 9.97. The number of carbonyl (C=O) groups is 1. The van der Waals surface area contributed by atoms with Crippen molar-refractivity contribution in [2.75, 3.05) is 13.1 Å². The first-order valence-corrected chi connectivity index (χ1v) is 6.11. The second-order valence-electron chi connectivity index (χ2n) is 4.98. The van der Waals surface area contributed by atoms with Crippen LogP contribution in [0.5, 0.6) is 0 Å². The monoisotopic (exact) mass is 212 g/mol. The summed E-state index contributed by atoms with van der Waals surface area (Å²) in [6, 6.07) is 0.338. The Morgan fingerprint density at radius 1 is 1.53 bits per heavy atom. The van der Waals surface area contributed by atoms with Crippen LogP contribution in [0, 0.1) is 11.8 Å². The van der Waals surface area contributed by atoms with E-state index in [-0.39, 0.29) is 5.91 Å². The highest BCUT2D eigenvalue weighted by Gasteiger charge is 2.20. The van der Waals surface area contributed by atoms with Crippen LogP contribution < -0.4 is 10.6 Å². The van der Waals surface area contributed by atoms with Crippen molar-refractivity contribution in [3.8, 4) is 0 Å². The molecule has 0 bridgehead atoms. The van der Waals surface area contributed by atoms with Gasteiger partial charge >= 0.3 is 0 Å². The molecule has 88 valence electrons. The Balaban J connectivity index is 2.24. The Morgan fingerprint density at radius 3 is 2.87 bits per heavy atom. The fourth-order valence-corrected chi connectivity index (χ4v) is 2.01. The molecule has 15 heavy (non-hydrogen) atoms. The molecule has 0 saturated carbocycles. The van der Waals surface area contributed by atoms with E-state index in [1.165, 1.54) is 0 Å². The van der Waals surface area contributed by atoms with Gasteiger partial charge in [-0.1, -0.05) is 27.2 Å². The van der Waals surface area contributed by atoms with Crippen molar-refractivity contribution in [1.29, 1.82) is 0 Å². The second kappa shape index (κ2) is 6.11. The van der Waals surface area contributed by atoms with Crippen molar-refractivity contribution in [2.45, 2.75) is 46.1 Å². The minimum Gasteiger partial charge on any atom is -0.352 e. The van der Waals surface area contributed by atoms with Crippen LogP contribution in [-0.2, 0) is 4.79 Å². The molecule has 1 saturated heterocycles. The summed E-state index contributed by atoms with van der Waals surface area (Å²) in [5.41, 5.74) is 0. The van der Waals surface area contributed by atoms with Crippen molar-refractivity contribution < 1.29 is 4.79 Å². The van der Waals surface area contributed by atoms with Gasteiger partial charge < -0.3 is 10.6 Å². The third-order valence-electron chi connectivity index (χ3n) is 3.17. The van der Waals surface area contributed by atoms with Crippen LogP contribution in [0.3, 0.4) is 0 Å². The number of nitrogens with one attached hydrogen (secondary N) is 2. The Morgan fingerprint density at radius 2 is 2.27 bits per heavy atom.